The van der Waals surface area contributed by atoms with Crippen molar-refractivity contribution >= 4 is 57.5 Å². The molecule has 2 aliphatic carbocycles. The van der Waals surface area contributed by atoms with Crippen LogP contribution in [0.5, 0.6) is 5.75 Å². The van der Waals surface area contributed by atoms with Gasteiger partial charge in [0.1, 0.15) is 17.4 Å². The maximum Gasteiger partial charge on any atom is 0.262 e. The lowest BCUT2D eigenvalue weighted by Crippen LogP contribution is -2.64. The number of benzene rings is 2. The van der Waals surface area contributed by atoms with Crippen molar-refractivity contribution in [1.29, 1.82) is 0 Å². The van der Waals surface area contributed by atoms with Crippen molar-refractivity contribution in [3.8, 4) is 5.75 Å². The summed E-state index contributed by atoms with van der Waals surface area (Å²) in [6.45, 7) is 1.14. The molecule has 2 aromatic carbocycles. The topological polar surface area (TPSA) is 176 Å². The minimum atomic E-state index is -1.45. The summed E-state index contributed by atoms with van der Waals surface area (Å²) in [5.74, 6) is -1.47. The van der Waals surface area contributed by atoms with E-state index in [1.54, 1.807) is 41.2 Å². The molecule has 16 nitrogen and oxygen atoms in total. The van der Waals surface area contributed by atoms with E-state index in [0.717, 1.165) is 54.3 Å². The van der Waals surface area contributed by atoms with E-state index < -0.39 is 35.3 Å². The Bertz CT molecular complexity index is 2550. The Morgan fingerprint density at radius 1 is 1.02 bits per heavy atom. The Labute approximate surface area is 337 Å². The number of rotatable bonds is 11. The zero-order chi connectivity index (χ0) is 40.6. The fourth-order valence-electron chi connectivity index (χ4n) is 9.06. The predicted molar refractivity (Wildman–Crippen MR) is 212 cm³/mol. The van der Waals surface area contributed by atoms with Crippen molar-refractivity contribution in [3.05, 3.63) is 77.9 Å². The van der Waals surface area contributed by atoms with Crippen molar-refractivity contribution in [3.63, 3.8) is 0 Å². The lowest BCUT2D eigenvalue weighted by Gasteiger charge is -2.49. The second-order valence-electron chi connectivity index (χ2n) is 16.7. The average molecular weight is 803 g/mol. The van der Waals surface area contributed by atoms with Gasteiger partial charge in [-0.05, 0) is 88.2 Å². The van der Waals surface area contributed by atoms with Crippen LogP contribution in [0.2, 0.25) is 0 Å². The fourth-order valence-corrected chi connectivity index (χ4v) is 9.06. The average Bonchev–Trinajstić information content (AvgIpc) is 3.71. The van der Waals surface area contributed by atoms with Gasteiger partial charge in [-0.15, -0.1) is 0 Å². The molecule has 59 heavy (non-hydrogen) atoms. The van der Waals surface area contributed by atoms with Crippen LogP contribution in [0.3, 0.4) is 0 Å². The number of alkyl halides is 1. The van der Waals surface area contributed by atoms with Crippen LogP contribution < -0.4 is 20.3 Å². The van der Waals surface area contributed by atoms with E-state index in [1.165, 1.54) is 6.20 Å². The van der Waals surface area contributed by atoms with E-state index >= 15 is 4.39 Å². The van der Waals surface area contributed by atoms with Gasteiger partial charge in [0.15, 0.2) is 11.3 Å². The highest BCUT2D eigenvalue weighted by atomic mass is 19.1. The van der Waals surface area contributed by atoms with E-state index in [-0.39, 0.29) is 61.6 Å². The molecular weight excluding hydrogens is 760 g/mol. The molecular formula is C42H43FN10O6. The first-order valence-electron chi connectivity index (χ1n) is 20.3. The van der Waals surface area contributed by atoms with Crippen molar-refractivity contribution in [1.82, 2.24) is 39.5 Å². The third-order valence-electron chi connectivity index (χ3n) is 12.5. The molecule has 5 aliphatic rings. The molecule has 17 heteroatoms. The van der Waals surface area contributed by atoms with Crippen molar-refractivity contribution in [2.45, 2.75) is 75.2 Å². The summed E-state index contributed by atoms with van der Waals surface area (Å²) in [5, 5.41) is 15.3. The lowest BCUT2D eigenvalue weighted by molar-refractivity contribution is -0.136. The van der Waals surface area contributed by atoms with E-state index in [4.69, 9.17) is 9.84 Å². The summed E-state index contributed by atoms with van der Waals surface area (Å²) in [5.41, 5.74) is 1.74. The summed E-state index contributed by atoms with van der Waals surface area (Å²) in [4.78, 5) is 73.2. The number of amides is 5. The van der Waals surface area contributed by atoms with E-state index in [0.29, 0.717) is 40.9 Å². The molecule has 5 amide bonds. The number of hydrogen-bond acceptors (Lipinski definition) is 11. The van der Waals surface area contributed by atoms with Gasteiger partial charge in [-0.25, -0.2) is 13.9 Å². The van der Waals surface area contributed by atoms with Gasteiger partial charge in [0.05, 0.1) is 54.3 Å². The smallest absolute Gasteiger partial charge is 0.262 e. The van der Waals surface area contributed by atoms with Gasteiger partial charge in [-0.3, -0.25) is 38.9 Å². The standard InChI is InChI=1S/C42H43FN10O6/c1-49(21-42(43)22-50(23-42)28-9-10-29-30(16-28)41(58)53(40(29)57)34-11-12-36(54)47-39(34)56)26-5-7-27(8-6-26)52-19-25-15-33(35(17-32(25)48-52)59-20-24-3-4-24)46-38(55)31-18-45-51-14-2-13-44-37(31)51/h2,9-10,13-19,24,26-27,34H,3-8,11-12,20-23H2,1H3,(H,46,55)(H,47,54,56). The number of nitrogens with one attached hydrogen (secondary N) is 2. The highest BCUT2D eigenvalue weighted by Gasteiger charge is 2.48. The Morgan fingerprint density at radius 3 is 2.59 bits per heavy atom. The number of carbonyl (C=O) groups is 5. The van der Waals surface area contributed by atoms with Crippen LogP contribution in [0.25, 0.3) is 16.6 Å². The molecule has 6 heterocycles. The third-order valence-corrected chi connectivity index (χ3v) is 12.5. The maximum atomic E-state index is 16.2. The predicted octanol–water partition coefficient (Wildman–Crippen LogP) is 4.17. The normalized spacial score (nSPS) is 22.9. The Morgan fingerprint density at radius 2 is 1.81 bits per heavy atom. The van der Waals surface area contributed by atoms with Gasteiger partial charge in [-0.2, -0.15) is 10.2 Å². The molecule has 2 saturated heterocycles. The van der Waals surface area contributed by atoms with E-state index in [1.807, 2.05) is 35.0 Å². The first-order valence-corrected chi connectivity index (χ1v) is 20.3. The zero-order valence-electron chi connectivity index (χ0n) is 32.5. The van der Waals surface area contributed by atoms with Gasteiger partial charge in [0, 0.05) is 54.7 Å². The zero-order valence-corrected chi connectivity index (χ0v) is 32.5. The quantitative estimate of drug-likeness (QED) is 0.184. The van der Waals surface area contributed by atoms with Gasteiger partial charge in [0.25, 0.3) is 17.7 Å². The molecule has 304 valence electrons. The number of nitrogens with zero attached hydrogens (tertiary/aromatic N) is 8. The first kappa shape index (κ1) is 37.1. The summed E-state index contributed by atoms with van der Waals surface area (Å²) in [6, 6.07) is 9.77. The van der Waals surface area contributed by atoms with E-state index in [9.17, 15) is 24.0 Å². The molecule has 2 saturated carbocycles. The minimum absolute atomic E-state index is 0.0474. The van der Waals surface area contributed by atoms with Crippen LogP contribution >= 0.6 is 0 Å². The number of carbonyl (C=O) groups excluding carboxylic acids is 5. The van der Waals surface area contributed by atoms with Crippen molar-refractivity contribution in [2.24, 2.45) is 5.92 Å². The van der Waals surface area contributed by atoms with Gasteiger partial charge < -0.3 is 19.9 Å². The molecule has 1 atom stereocenters. The van der Waals surface area contributed by atoms with Gasteiger partial charge in [0.2, 0.25) is 11.8 Å². The number of aromatic nitrogens is 5. The molecule has 2 N–H and O–H groups in total. The number of imide groups is 2. The number of fused-ring (bicyclic) bond motifs is 3. The molecule has 5 aromatic rings. The Hall–Kier alpha value is -6.23. The monoisotopic (exact) mass is 802 g/mol. The Balaban J connectivity index is 0.759. The number of piperidine rings is 1. The van der Waals surface area contributed by atoms with Crippen LogP contribution in [0.1, 0.15) is 88.5 Å². The van der Waals surface area contributed by atoms with Crippen LogP contribution in [-0.2, 0) is 9.59 Å². The number of halogens is 1. The first-order chi connectivity index (χ1) is 28.5. The van der Waals surface area contributed by atoms with Gasteiger partial charge in [-0.1, -0.05) is 0 Å². The summed E-state index contributed by atoms with van der Waals surface area (Å²) >= 11 is 0. The highest BCUT2D eigenvalue weighted by molar-refractivity contribution is 6.23. The number of ether oxygens (including phenoxy) is 1. The van der Waals surface area contributed by atoms with Gasteiger partial charge >= 0.3 is 0 Å². The third kappa shape index (κ3) is 6.86. The molecule has 0 bridgehead atoms. The van der Waals surface area contributed by atoms with E-state index in [2.05, 4.69) is 25.6 Å². The second-order valence-corrected chi connectivity index (χ2v) is 16.7. The summed E-state index contributed by atoms with van der Waals surface area (Å²) in [6.07, 6.45) is 12.8. The van der Waals surface area contributed by atoms with Crippen LogP contribution in [0.4, 0.5) is 15.8 Å². The SMILES string of the molecule is CN(CC1(F)CN(c2ccc3c(c2)C(=O)N(C2CCC(=O)NC2=O)C3=O)C1)C1CCC(n2cc3cc(NC(=O)c4cnn5cccnc45)c(OCC4CC4)cc3n2)CC1. The molecule has 0 radical (unpaired) electrons. The minimum Gasteiger partial charge on any atom is -0.491 e. The largest absolute Gasteiger partial charge is 0.491 e. The number of anilines is 2. The van der Waals surface area contributed by atoms with Crippen LogP contribution in [0, 0.1) is 5.92 Å². The second kappa shape index (κ2) is 14.2. The van der Waals surface area contributed by atoms with Crippen LogP contribution in [0.15, 0.2) is 61.2 Å². The molecule has 10 rings (SSSR count). The maximum absolute atomic E-state index is 16.2. The fraction of sp³-hybridized carbons (Fsp3) is 0.429. The van der Waals surface area contributed by atoms with Crippen molar-refractivity contribution < 1.29 is 33.1 Å². The number of hydrogen-bond donors (Lipinski definition) is 2. The molecule has 4 fully saturated rings. The molecule has 0 spiro atoms. The molecule has 1 unspecified atom stereocenters. The molecule has 3 aromatic heterocycles. The summed E-state index contributed by atoms with van der Waals surface area (Å²) < 4.78 is 26.0. The van der Waals surface area contributed by atoms with Crippen molar-refractivity contribution in [2.75, 3.05) is 43.5 Å². The lowest BCUT2D eigenvalue weighted by atomic mass is 9.88. The molecule has 3 aliphatic heterocycles. The highest BCUT2D eigenvalue weighted by Crippen LogP contribution is 2.39. The van der Waals surface area contributed by atoms with Crippen LogP contribution in [-0.4, -0.2) is 115 Å². The summed E-state index contributed by atoms with van der Waals surface area (Å²) in [7, 11) is 1.97. The Kier molecular flexibility index (Phi) is 8.95.